The van der Waals surface area contributed by atoms with Crippen molar-refractivity contribution < 1.29 is 9.53 Å². The van der Waals surface area contributed by atoms with E-state index in [9.17, 15) is 4.79 Å². The SMILES string of the molecule is CN(C)C1CC(=O)O1. The van der Waals surface area contributed by atoms with E-state index in [-0.39, 0.29) is 12.2 Å². The van der Waals surface area contributed by atoms with E-state index < -0.39 is 0 Å². The predicted molar refractivity (Wildman–Crippen MR) is 28.2 cm³/mol. The van der Waals surface area contributed by atoms with E-state index in [2.05, 4.69) is 4.74 Å². The van der Waals surface area contributed by atoms with Crippen LogP contribution in [0.3, 0.4) is 0 Å². The molecule has 46 valence electrons. The smallest absolute Gasteiger partial charge is 0.312 e. The third kappa shape index (κ3) is 0.816. The van der Waals surface area contributed by atoms with Gasteiger partial charge in [-0.3, -0.25) is 9.69 Å². The second-order valence-corrected chi connectivity index (χ2v) is 2.11. The summed E-state index contributed by atoms with van der Waals surface area (Å²) < 4.78 is 4.69. The molecule has 0 spiro atoms. The van der Waals surface area contributed by atoms with E-state index in [1.165, 1.54) is 0 Å². The Morgan fingerprint density at radius 1 is 1.75 bits per heavy atom. The Kier molecular flexibility index (Phi) is 1.21. The number of rotatable bonds is 1. The van der Waals surface area contributed by atoms with Gasteiger partial charge in [0.05, 0.1) is 6.42 Å². The topological polar surface area (TPSA) is 29.5 Å². The predicted octanol–water partition coefficient (Wildman–Crippen LogP) is -0.179. The molecule has 1 unspecified atom stereocenters. The number of esters is 1. The molecule has 3 heteroatoms. The van der Waals surface area contributed by atoms with Crippen molar-refractivity contribution in [2.45, 2.75) is 12.6 Å². The standard InChI is InChI=1S/C5H9NO2/c1-6(2)4-3-5(7)8-4/h4H,3H2,1-2H3. The molecule has 0 bridgehead atoms. The van der Waals surface area contributed by atoms with Crippen LogP contribution in [0.5, 0.6) is 0 Å². The second-order valence-electron chi connectivity index (χ2n) is 2.11. The van der Waals surface area contributed by atoms with Crippen molar-refractivity contribution in [3.05, 3.63) is 0 Å². The summed E-state index contributed by atoms with van der Waals surface area (Å²) in [4.78, 5) is 12.0. The maximum absolute atomic E-state index is 10.2. The Labute approximate surface area is 48.2 Å². The van der Waals surface area contributed by atoms with Crippen molar-refractivity contribution in [1.29, 1.82) is 0 Å². The molecule has 0 aromatic rings. The van der Waals surface area contributed by atoms with E-state index >= 15 is 0 Å². The van der Waals surface area contributed by atoms with Gasteiger partial charge < -0.3 is 4.74 Å². The first-order valence-electron chi connectivity index (χ1n) is 2.56. The van der Waals surface area contributed by atoms with Crippen LogP contribution in [-0.4, -0.2) is 31.2 Å². The van der Waals surface area contributed by atoms with Crippen molar-refractivity contribution in [2.24, 2.45) is 0 Å². The van der Waals surface area contributed by atoms with E-state index in [4.69, 9.17) is 0 Å². The Bertz CT molecular complexity index is 103. The summed E-state index contributed by atoms with van der Waals surface area (Å²) in [7, 11) is 3.77. The van der Waals surface area contributed by atoms with Gasteiger partial charge >= 0.3 is 5.97 Å². The fourth-order valence-electron chi connectivity index (χ4n) is 0.573. The van der Waals surface area contributed by atoms with Gasteiger partial charge in [-0.2, -0.15) is 0 Å². The molecule has 3 nitrogen and oxygen atoms in total. The van der Waals surface area contributed by atoms with Gasteiger partial charge in [0.25, 0.3) is 0 Å². The van der Waals surface area contributed by atoms with Crippen LogP contribution in [-0.2, 0) is 9.53 Å². The summed E-state index contributed by atoms with van der Waals surface area (Å²) in [6.07, 6.45) is 0.593. The average Bonchev–Trinajstić information content (AvgIpc) is 1.57. The number of carbonyl (C=O) groups is 1. The summed E-state index contributed by atoms with van der Waals surface area (Å²) in [6.45, 7) is 0. The third-order valence-corrected chi connectivity index (χ3v) is 1.18. The molecular weight excluding hydrogens is 106 g/mol. The molecule has 0 N–H and O–H groups in total. The molecule has 0 aromatic carbocycles. The normalized spacial score (nSPS) is 27.4. The molecule has 1 rings (SSSR count). The van der Waals surface area contributed by atoms with Gasteiger partial charge in [-0.05, 0) is 14.1 Å². The van der Waals surface area contributed by atoms with Gasteiger partial charge in [-0.1, -0.05) is 0 Å². The van der Waals surface area contributed by atoms with Gasteiger partial charge in [0.15, 0.2) is 6.23 Å². The van der Waals surface area contributed by atoms with Crippen molar-refractivity contribution >= 4 is 5.97 Å². The highest BCUT2D eigenvalue weighted by atomic mass is 16.6. The average molecular weight is 115 g/mol. The molecule has 1 saturated heterocycles. The lowest BCUT2D eigenvalue weighted by Crippen LogP contribution is -2.43. The molecule has 0 saturated carbocycles. The maximum atomic E-state index is 10.2. The lowest BCUT2D eigenvalue weighted by molar-refractivity contribution is -0.184. The molecule has 1 atom stereocenters. The third-order valence-electron chi connectivity index (χ3n) is 1.18. The number of ether oxygens (including phenoxy) is 1. The second kappa shape index (κ2) is 1.74. The fraction of sp³-hybridized carbons (Fsp3) is 0.800. The molecule has 1 aliphatic rings. The molecule has 0 aliphatic carbocycles. The first kappa shape index (κ1) is 5.56. The van der Waals surface area contributed by atoms with E-state index in [0.717, 1.165) is 0 Å². The largest absolute Gasteiger partial charge is 0.446 e. The van der Waals surface area contributed by atoms with E-state index in [0.29, 0.717) is 6.42 Å². The number of cyclic esters (lactones) is 1. The van der Waals surface area contributed by atoms with Gasteiger partial charge in [-0.25, -0.2) is 0 Å². The monoisotopic (exact) mass is 115 g/mol. The van der Waals surface area contributed by atoms with Crippen LogP contribution in [0.2, 0.25) is 0 Å². The van der Waals surface area contributed by atoms with Crippen LogP contribution in [0, 0.1) is 0 Å². The van der Waals surface area contributed by atoms with Crippen LogP contribution in [0.4, 0.5) is 0 Å². The summed E-state index contributed by atoms with van der Waals surface area (Å²) >= 11 is 0. The van der Waals surface area contributed by atoms with Crippen LogP contribution in [0.1, 0.15) is 6.42 Å². The highest BCUT2D eigenvalue weighted by Gasteiger charge is 2.29. The van der Waals surface area contributed by atoms with Gasteiger partial charge in [0.1, 0.15) is 0 Å². The highest BCUT2D eigenvalue weighted by molar-refractivity contribution is 5.74. The van der Waals surface area contributed by atoms with Crippen molar-refractivity contribution in [3.63, 3.8) is 0 Å². The van der Waals surface area contributed by atoms with Crippen molar-refractivity contribution in [2.75, 3.05) is 14.1 Å². The molecule has 8 heavy (non-hydrogen) atoms. The summed E-state index contributed by atoms with van der Waals surface area (Å²) in [5, 5.41) is 0. The number of nitrogens with zero attached hydrogens (tertiary/aromatic N) is 1. The van der Waals surface area contributed by atoms with Gasteiger partial charge in [0, 0.05) is 0 Å². The van der Waals surface area contributed by atoms with Crippen molar-refractivity contribution in [1.82, 2.24) is 4.90 Å². The Balaban J connectivity index is 2.25. The zero-order valence-electron chi connectivity index (χ0n) is 5.05. The van der Waals surface area contributed by atoms with Crippen LogP contribution >= 0.6 is 0 Å². The minimum atomic E-state index is -0.0938. The Morgan fingerprint density at radius 2 is 2.25 bits per heavy atom. The van der Waals surface area contributed by atoms with Gasteiger partial charge in [0.2, 0.25) is 0 Å². The van der Waals surface area contributed by atoms with Crippen LogP contribution < -0.4 is 0 Å². The van der Waals surface area contributed by atoms with E-state index in [1.807, 2.05) is 19.0 Å². The summed E-state index contributed by atoms with van der Waals surface area (Å²) in [6, 6.07) is 0. The fourth-order valence-corrected chi connectivity index (χ4v) is 0.573. The van der Waals surface area contributed by atoms with Gasteiger partial charge in [-0.15, -0.1) is 0 Å². The maximum Gasteiger partial charge on any atom is 0.312 e. The first-order chi connectivity index (χ1) is 3.70. The van der Waals surface area contributed by atoms with Crippen LogP contribution in [0.25, 0.3) is 0 Å². The Hall–Kier alpha value is -0.570. The molecule has 1 heterocycles. The quantitative estimate of drug-likeness (QED) is 0.444. The summed E-state index contributed by atoms with van der Waals surface area (Å²) in [5.41, 5.74) is 0. The zero-order chi connectivity index (χ0) is 6.15. The molecule has 0 radical (unpaired) electrons. The number of hydrogen-bond acceptors (Lipinski definition) is 3. The molecule has 1 fully saturated rings. The minimum Gasteiger partial charge on any atom is -0.446 e. The lowest BCUT2D eigenvalue weighted by Gasteiger charge is -2.30. The highest BCUT2D eigenvalue weighted by Crippen LogP contribution is 2.13. The number of carbonyl (C=O) groups excluding carboxylic acids is 1. The molecule has 0 amide bonds. The molecule has 0 aromatic heterocycles. The minimum absolute atomic E-state index is 0.0440. The molecular formula is C5H9NO2. The molecule has 1 aliphatic heterocycles. The number of hydrogen-bond donors (Lipinski definition) is 0. The Morgan fingerprint density at radius 3 is 2.38 bits per heavy atom. The van der Waals surface area contributed by atoms with Crippen LogP contribution in [0.15, 0.2) is 0 Å². The van der Waals surface area contributed by atoms with E-state index in [1.54, 1.807) is 0 Å². The summed E-state index contributed by atoms with van der Waals surface area (Å²) in [5.74, 6) is -0.0938. The zero-order valence-corrected chi connectivity index (χ0v) is 5.05. The lowest BCUT2D eigenvalue weighted by atomic mass is 10.3. The first-order valence-corrected chi connectivity index (χ1v) is 2.56. The van der Waals surface area contributed by atoms with Crippen molar-refractivity contribution in [3.8, 4) is 0 Å².